The maximum Gasteiger partial charge on any atom is 0.0445 e. The van der Waals surface area contributed by atoms with Crippen LogP contribution in [0.4, 0.5) is 5.69 Å². The van der Waals surface area contributed by atoms with Gasteiger partial charge in [0.1, 0.15) is 0 Å². The van der Waals surface area contributed by atoms with Crippen molar-refractivity contribution in [2.24, 2.45) is 0 Å². The molecule has 1 unspecified atom stereocenters. The summed E-state index contributed by atoms with van der Waals surface area (Å²) < 4.78 is 0. The van der Waals surface area contributed by atoms with Crippen LogP contribution < -0.4 is 10.2 Å². The fourth-order valence-corrected chi connectivity index (χ4v) is 1.86. The van der Waals surface area contributed by atoms with Gasteiger partial charge in [0.25, 0.3) is 0 Å². The number of nitrogens with zero attached hydrogens (tertiary/aromatic N) is 2. The minimum atomic E-state index is 0.494. The third-order valence-electron chi connectivity index (χ3n) is 3.43. The van der Waals surface area contributed by atoms with Crippen LogP contribution in [0.15, 0.2) is 12.3 Å². The van der Waals surface area contributed by atoms with Crippen molar-refractivity contribution in [2.45, 2.75) is 59.7 Å². The predicted molar refractivity (Wildman–Crippen MR) is 79.1 cm³/mol. The van der Waals surface area contributed by atoms with Crippen molar-refractivity contribution in [1.29, 1.82) is 0 Å². The highest BCUT2D eigenvalue weighted by Crippen LogP contribution is 2.22. The van der Waals surface area contributed by atoms with Crippen LogP contribution in [0.5, 0.6) is 0 Å². The van der Waals surface area contributed by atoms with E-state index in [9.17, 15) is 0 Å². The number of aryl methyl sites for hydroxylation is 1. The van der Waals surface area contributed by atoms with E-state index >= 15 is 0 Å². The van der Waals surface area contributed by atoms with Gasteiger partial charge in [-0.15, -0.1) is 0 Å². The summed E-state index contributed by atoms with van der Waals surface area (Å²) in [4.78, 5) is 6.77. The summed E-state index contributed by atoms with van der Waals surface area (Å²) in [6.07, 6.45) is 3.15. The molecule has 0 aromatic carbocycles. The fraction of sp³-hybridized carbons (Fsp3) is 0.667. The summed E-state index contributed by atoms with van der Waals surface area (Å²) in [5, 5.41) is 3.47. The molecule has 102 valence electrons. The lowest BCUT2D eigenvalue weighted by Crippen LogP contribution is -2.30. The number of anilines is 1. The number of nitrogens with one attached hydrogen (secondary N) is 1. The second kappa shape index (κ2) is 6.74. The number of pyridine rings is 1. The van der Waals surface area contributed by atoms with E-state index in [2.05, 4.69) is 56.0 Å². The normalized spacial score (nSPS) is 12.8. The van der Waals surface area contributed by atoms with Gasteiger partial charge in [-0.05, 0) is 26.3 Å². The molecule has 1 rings (SSSR count). The highest BCUT2D eigenvalue weighted by atomic mass is 15.1. The lowest BCUT2D eigenvalue weighted by Gasteiger charge is -2.28. The summed E-state index contributed by atoms with van der Waals surface area (Å²) >= 11 is 0. The van der Waals surface area contributed by atoms with Gasteiger partial charge < -0.3 is 10.2 Å². The van der Waals surface area contributed by atoms with E-state index in [1.165, 1.54) is 11.3 Å². The zero-order chi connectivity index (χ0) is 13.7. The molecule has 0 fully saturated rings. The fourth-order valence-electron chi connectivity index (χ4n) is 1.86. The van der Waals surface area contributed by atoms with Gasteiger partial charge in [-0.25, -0.2) is 0 Å². The summed E-state index contributed by atoms with van der Waals surface area (Å²) in [5.41, 5.74) is 3.65. The molecule has 3 heteroatoms. The highest BCUT2D eigenvalue weighted by Gasteiger charge is 2.13. The van der Waals surface area contributed by atoms with E-state index in [0.717, 1.165) is 18.7 Å². The van der Waals surface area contributed by atoms with Crippen LogP contribution in [-0.2, 0) is 6.54 Å². The average Bonchev–Trinajstić information content (AvgIpc) is 2.35. The maximum absolute atomic E-state index is 4.42. The number of hydrogen-bond donors (Lipinski definition) is 1. The second-order valence-corrected chi connectivity index (χ2v) is 5.36. The van der Waals surface area contributed by atoms with Gasteiger partial charge in [-0.1, -0.05) is 20.8 Å². The summed E-state index contributed by atoms with van der Waals surface area (Å²) in [7, 11) is 2.17. The quantitative estimate of drug-likeness (QED) is 0.839. The molecule has 0 aliphatic rings. The minimum Gasteiger partial charge on any atom is -0.372 e. The Bertz CT molecular complexity index is 374. The zero-order valence-electron chi connectivity index (χ0n) is 12.6. The smallest absolute Gasteiger partial charge is 0.0445 e. The van der Waals surface area contributed by atoms with E-state index < -0.39 is 0 Å². The molecule has 1 heterocycles. The van der Waals surface area contributed by atoms with Crippen molar-refractivity contribution in [2.75, 3.05) is 11.9 Å². The number of hydrogen-bond acceptors (Lipinski definition) is 3. The monoisotopic (exact) mass is 249 g/mol. The number of rotatable bonds is 6. The van der Waals surface area contributed by atoms with Crippen LogP contribution in [0, 0.1) is 6.92 Å². The topological polar surface area (TPSA) is 28.2 Å². The second-order valence-electron chi connectivity index (χ2n) is 5.36. The Kier molecular flexibility index (Phi) is 5.60. The molecule has 0 amide bonds. The molecule has 1 atom stereocenters. The Morgan fingerprint density at radius 1 is 1.33 bits per heavy atom. The summed E-state index contributed by atoms with van der Waals surface area (Å²) in [6, 6.07) is 3.22. The Labute approximate surface area is 112 Å². The molecular weight excluding hydrogens is 222 g/mol. The SMILES string of the molecule is CCC(C)N(C)c1cc(C)ncc1CNC(C)C. The van der Waals surface area contributed by atoms with Crippen LogP contribution in [-0.4, -0.2) is 24.1 Å². The van der Waals surface area contributed by atoms with E-state index in [1.807, 2.05) is 13.1 Å². The van der Waals surface area contributed by atoms with E-state index in [0.29, 0.717) is 12.1 Å². The molecule has 18 heavy (non-hydrogen) atoms. The third kappa shape index (κ3) is 3.98. The molecule has 0 spiro atoms. The predicted octanol–water partition coefficient (Wildman–Crippen LogP) is 3.12. The van der Waals surface area contributed by atoms with Gasteiger partial charge in [-0.3, -0.25) is 4.98 Å². The van der Waals surface area contributed by atoms with Gasteiger partial charge in [0.15, 0.2) is 0 Å². The van der Waals surface area contributed by atoms with E-state index in [-0.39, 0.29) is 0 Å². The highest BCUT2D eigenvalue weighted by molar-refractivity contribution is 5.53. The van der Waals surface area contributed by atoms with Crippen LogP contribution in [0.1, 0.15) is 45.4 Å². The van der Waals surface area contributed by atoms with Gasteiger partial charge >= 0.3 is 0 Å². The van der Waals surface area contributed by atoms with Crippen molar-refractivity contribution < 1.29 is 0 Å². The van der Waals surface area contributed by atoms with Crippen molar-refractivity contribution in [3.63, 3.8) is 0 Å². The first kappa shape index (κ1) is 15.0. The van der Waals surface area contributed by atoms with Crippen LogP contribution in [0.25, 0.3) is 0 Å². The van der Waals surface area contributed by atoms with Crippen molar-refractivity contribution in [1.82, 2.24) is 10.3 Å². The molecule has 0 bridgehead atoms. The van der Waals surface area contributed by atoms with E-state index in [1.54, 1.807) is 0 Å². The Hall–Kier alpha value is -1.09. The van der Waals surface area contributed by atoms with Crippen LogP contribution in [0.2, 0.25) is 0 Å². The maximum atomic E-state index is 4.42. The van der Waals surface area contributed by atoms with Gasteiger partial charge in [-0.2, -0.15) is 0 Å². The van der Waals surface area contributed by atoms with Crippen molar-refractivity contribution in [3.05, 3.63) is 23.5 Å². The molecule has 1 aromatic heterocycles. The third-order valence-corrected chi connectivity index (χ3v) is 3.43. The summed E-state index contributed by atoms with van der Waals surface area (Å²) in [5.74, 6) is 0. The molecule has 0 saturated carbocycles. The van der Waals surface area contributed by atoms with Crippen LogP contribution in [0.3, 0.4) is 0 Å². The lowest BCUT2D eigenvalue weighted by atomic mass is 10.1. The lowest BCUT2D eigenvalue weighted by molar-refractivity contribution is 0.584. The molecule has 0 saturated heterocycles. The largest absolute Gasteiger partial charge is 0.372 e. The van der Waals surface area contributed by atoms with Gasteiger partial charge in [0.2, 0.25) is 0 Å². The molecule has 1 aromatic rings. The molecule has 0 aliphatic heterocycles. The minimum absolute atomic E-state index is 0.494. The first-order valence-electron chi connectivity index (χ1n) is 6.87. The Balaban J connectivity index is 2.95. The molecule has 1 N–H and O–H groups in total. The van der Waals surface area contributed by atoms with Gasteiger partial charge in [0, 0.05) is 48.8 Å². The first-order valence-corrected chi connectivity index (χ1v) is 6.87. The number of aromatic nitrogens is 1. The Morgan fingerprint density at radius 3 is 2.56 bits per heavy atom. The summed E-state index contributed by atoms with van der Waals surface area (Å²) in [6.45, 7) is 11.7. The van der Waals surface area contributed by atoms with Crippen molar-refractivity contribution >= 4 is 5.69 Å². The zero-order valence-corrected chi connectivity index (χ0v) is 12.6. The first-order chi connectivity index (χ1) is 8.45. The van der Waals surface area contributed by atoms with E-state index in [4.69, 9.17) is 0 Å². The van der Waals surface area contributed by atoms with Crippen molar-refractivity contribution in [3.8, 4) is 0 Å². The standard InChI is InChI=1S/C15H27N3/c1-7-13(5)18(6)15-8-12(4)17-10-14(15)9-16-11(2)3/h8,10-11,13,16H,7,9H2,1-6H3. The average molecular weight is 249 g/mol. The van der Waals surface area contributed by atoms with Crippen LogP contribution >= 0.6 is 0 Å². The molecule has 3 nitrogen and oxygen atoms in total. The molecular formula is C15H27N3. The molecule has 0 aliphatic carbocycles. The Morgan fingerprint density at radius 2 is 2.00 bits per heavy atom. The van der Waals surface area contributed by atoms with Gasteiger partial charge in [0.05, 0.1) is 0 Å². The molecule has 0 radical (unpaired) electrons.